The summed E-state index contributed by atoms with van der Waals surface area (Å²) >= 11 is 0. The van der Waals surface area contributed by atoms with Gasteiger partial charge in [-0.15, -0.1) is 0 Å². The molecule has 2 aromatic carbocycles. The largest absolute Gasteiger partial charge is 0.490 e. The normalized spacial score (nSPS) is 10.2. The zero-order chi connectivity index (χ0) is 17.2. The Hall–Kier alpha value is -2.56. The highest BCUT2D eigenvalue weighted by atomic mass is 19.1. The Morgan fingerprint density at radius 1 is 1.04 bits per heavy atom. The van der Waals surface area contributed by atoms with Crippen molar-refractivity contribution in [3.8, 4) is 11.5 Å². The minimum atomic E-state index is -0.283. The number of hydrogen-bond donors (Lipinski definition) is 1. The van der Waals surface area contributed by atoms with Crippen molar-refractivity contribution in [2.24, 2.45) is 0 Å². The van der Waals surface area contributed by atoms with Crippen molar-refractivity contribution in [1.82, 2.24) is 5.32 Å². The number of carbonyl (C=O) groups is 1. The molecule has 0 aliphatic carbocycles. The standard InChI is InChI=1S/C19H22FNO3/c1-2-23-17-6-3-4-7-18(17)24-13-5-8-19(22)21-14-15-9-11-16(20)12-10-15/h3-4,6-7,9-12H,2,5,8,13-14H2,1H3,(H,21,22). The Labute approximate surface area is 141 Å². The van der Waals surface area contributed by atoms with Gasteiger partial charge >= 0.3 is 0 Å². The van der Waals surface area contributed by atoms with Crippen LogP contribution in [0.3, 0.4) is 0 Å². The molecule has 4 nitrogen and oxygen atoms in total. The molecule has 0 heterocycles. The molecule has 0 fully saturated rings. The fourth-order valence-corrected chi connectivity index (χ4v) is 2.15. The van der Waals surface area contributed by atoms with Crippen LogP contribution in [-0.4, -0.2) is 19.1 Å². The Morgan fingerprint density at radius 3 is 2.38 bits per heavy atom. The lowest BCUT2D eigenvalue weighted by Crippen LogP contribution is -2.23. The summed E-state index contributed by atoms with van der Waals surface area (Å²) in [6, 6.07) is 13.5. The number of halogens is 1. The SMILES string of the molecule is CCOc1ccccc1OCCCC(=O)NCc1ccc(F)cc1. The average molecular weight is 331 g/mol. The molecule has 128 valence electrons. The third-order valence-electron chi connectivity index (χ3n) is 3.36. The van der Waals surface area contributed by atoms with Gasteiger partial charge in [-0.25, -0.2) is 4.39 Å². The third kappa shape index (κ3) is 5.91. The fraction of sp³-hybridized carbons (Fsp3) is 0.316. The van der Waals surface area contributed by atoms with Crippen molar-refractivity contribution >= 4 is 5.91 Å². The molecule has 0 radical (unpaired) electrons. The molecule has 0 spiro atoms. The minimum absolute atomic E-state index is 0.0546. The van der Waals surface area contributed by atoms with Crippen LogP contribution >= 0.6 is 0 Å². The van der Waals surface area contributed by atoms with Crippen LogP contribution in [0.1, 0.15) is 25.3 Å². The molecule has 0 unspecified atom stereocenters. The summed E-state index contributed by atoms with van der Waals surface area (Å²) in [5.74, 6) is 1.06. The van der Waals surface area contributed by atoms with E-state index in [0.717, 1.165) is 5.56 Å². The number of benzene rings is 2. The summed E-state index contributed by atoms with van der Waals surface area (Å²) in [6.45, 7) is 3.33. The third-order valence-corrected chi connectivity index (χ3v) is 3.36. The highest BCUT2D eigenvalue weighted by molar-refractivity contribution is 5.75. The van der Waals surface area contributed by atoms with Gasteiger partial charge in [-0.05, 0) is 43.2 Å². The number of hydrogen-bond acceptors (Lipinski definition) is 3. The van der Waals surface area contributed by atoms with Crippen molar-refractivity contribution in [2.75, 3.05) is 13.2 Å². The van der Waals surface area contributed by atoms with Crippen LogP contribution in [0.15, 0.2) is 48.5 Å². The number of nitrogens with one attached hydrogen (secondary N) is 1. The molecular weight excluding hydrogens is 309 g/mol. The molecule has 2 rings (SSSR count). The Bertz CT molecular complexity index is 643. The van der Waals surface area contributed by atoms with Gasteiger partial charge in [0.05, 0.1) is 13.2 Å². The van der Waals surface area contributed by atoms with Crippen molar-refractivity contribution in [3.05, 3.63) is 59.9 Å². The van der Waals surface area contributed by atoms with Gasteiger partial charge < -0.3 is 14.8 Å². The van der Waals surface area contributed by atoms with Gasteiger partial charge in [0.1, 0.15) is 5.82 Å². The van der Waals surface area contributed by atoms with E-state index in [1.54, 1.807) is 12.1 Å². The zero-order valence-electron chi connectivity index (χ0n) is 13.8. The summed E-state index contributed by atoms with van der Waals surface area (Å²) < 4.78 is 23.9. The van der Waals surface area contributed by atoms with Crippen LogP contribution in [0.2, 0.25) is 0 Å². The molecule has 24 heavy (non-hydrogen) atoms. The summed E-state index contributed by atoms with van der Waals surface area (Å²) in [4.78, 5) is 11.8. The zero-order valence-corrected chi connectivity index (χ0v) is 13.8. The summed E-state index contributed by atoms with van der Waals surface area (Å²) in [7, 11) is 0. The van der Waals surface area contributed by atoms with Gasteiger partial charge in [0.15, 0.2) is 11.5 Å². The van der Waals surface area contributed by atoms with E-state index < -0.39 is 0 Å². The monoisotopic (exact) mass is 331 g/mol. The maximum absolute atomic E-state index is 12.8. The second-order valence-corrected chi connectivity index (χ2v) is 5.23. The van der Waals surface area contributed by atoms with Gasteiger partial charge in [-0.1, -0.05) is 24.3 Å². The van der Waals surface area contributed by atoms with E-state index in [2.05, 4.69) is 5.32 Å². The molecule has 0 aliphatic rings. The Balaban J connectivity index is 1.67. The second kappa shape index (κ2) is 9.55. The van der Waals surface area contributed by atoms with E-state index in [-0.39, 0.29) is 11.7 Å². The molecule has 1 amide bonds. The van der Waals surface area contributed by atoms with E-state index >= 15 is 0 Å². The molecule has 0 saturated carbocycles. The average Bonchev–Trinajstić information content (AvgIpc) is 2.60. The smallest absolute Gasteiger partial charge is 0.220 e. The fourth-order valence-electron chi connectivity index (χ4n) is 2.15. The van der Waals surface area contributed by atoms with Crippen LogP contribution in [0.4, 0.5) is 4.39 Å². The number of carbonyl (C=O) groups excluding carboxylic acids is 1. The predicted molar refractivity (Wildman–Crippen MR) is 90.6 cm³/mol. The first-order valence-electron chi connectivity index (χ1n) is 8.05. The number of ether oxygens (including phenoxy) is 2. The lowest BCUT2D eigenvalue weighted by Gasteiger charge is -2.11. The predicted octanol–water partition coefficient (Wildman–Crippen LogP) is 3.70. The van der Waals surface area contributed by atoms with E-state index in [0.29, 0.717) is 44.1 Å². The maximum atomic E-state index is 12.8. The van der Waals surface area contributed by atoms with Crippen LogP contribution in [-0.2, 0) is 11.3 Å². The van der Waals surface area contributed by atoms with Crippen molar-refractivity contribution in [2.45, 2.75) is 26.3 Å². The molecule has 0 atom stereocenters. The van der Waals surface area contributed by atoms with Crippen LogP contribution in [0.25, 0.3) is 0 Å². The number of para-hydroxylation sites is 2. The van der Waals surface area contributed by atoms with Crippen molar-refractivity contribution in [3.63, 3.8) is 0 Å². The molecule has 0 aromatic heterocycles. The lowest BCUT2D eigenvalue weighted by molar-refractivity contribution is -0.121. The van der Waals surface area contributed by atoms with E-state index in [1.165, 1.54) is 12.1 Å². The van der Waals surface area contributed by atoms with Gasteiger partial charge in [0, 0.05) is 13.0 Å². The second-order valence-electron chi connectivity index (χ2n) is 5.23. The molecule has 0 aliphatic heterocycles. The van der Waals surface area contributed by atoms with Crippen LogP contribution < -0.4 is 14.8 Å². The molecule has 5 heteroatoms. The summed E-state index contributed by atoms with van der Waals surface area (Å²) in [6.07, 6.45) is 0.980. The van der Waals surface area contributed by atoms with E-state index in [1.807, 2.05) is 31.2 Å². The maximum Gasteiger partial charge on any atom is 0.220 e. The highest BCUT2D eigenvalue weighted by Gasteiger charge is 2.05. The van der Waals surface area contributed by atoms with Crippen LogP contribution in [0.5, 0.6) is 11.5 Å². The van der Waals surface area contributed by atoms with Crippen molar-refractivity contribution in [1.29, 1.82) is 0 Å². The first kappa shape index (κ1) is 17.8. The van der Waals surface area contributed by atoms with Gasteiger partial charge in [-0.3, -0.25) is 4.79 Å². The Kier molecular flexibility index (Phi) is 7.08. The topological polar surface area (TPSA) is 47.6 Å². The van der Waals surface area contributed by atoms with Gasteiger partial charge in [0.25, 0.3) is 0 Å². The van der Waals surface area contributed by atoms with Crippen molar-refractivity contribution < 1.29 is 18.7 Å². The molecule has 1 N–H and O–H groups in total. The molecule has 0 bridgehead atoms. The van der Waals surface area contributed by atoms with Gasteiger partial charge in [0.2, 0.25) is 5.91 Å². The van der Waals surface area contributed by atoms with Crippen LogP contribution in [0, 0.1) is 5.82 Å². The summed E-state index contributed by atoms with van der Waals surface area (Å²) in [5, 5.41) is 2.81. The molecule has 0 saturated heterocycles. The van der Waals surface area contributed by atoms with E-state index in [9.17, 15) is 9.18 Å². The first-order chi connectivity index (χ1) is 11.7. The number of rotatable bonds is 9. The molecular formula is C19H22FNO3. The van der Waals surface area contributed by atoms with E-state index in [4.69, 9.17) is 9.47 Å². The summed E-state index contributed by atoms with van der Waals surface area (Å²) in [5.41, 5.74) is 0.867. The Morgan fingerprint density at radius 2 is 1.71 bits per heavy atom. The first-order valence-corrected chi connectivity index (χ1v) is 8.05. The lowest BCUT2D eigenvalue weighted by atomic mass is 10.2. The van der Waals surface area contributed by atoms with Gasteiger partial charge in [-0.2, -0.15) is 0 Å². The number of amides is 1. The molecule has 2 aromatic rings. The highest BCUT2D eigenvalue weighted by Crippen LogP contribution is 2.26. The quantitative estimate of drug-likeness (QED) is 0.713. The minimum Gasteiger partial charge on any atom is -0.490 e.